The molecule has 1 unspecified atom stereocenters. The summed E-state index contributed by atoms with van der Waals surface area (Å²) in [4.78, 5) is 18.6. The molecule has 12 heteroatoms. The van der Waals surface area contributed by atoms with Crippen molar-refractivity contribution in [2.24, 2.45) is 0 Å². The van der Waals surface area contributed by atoms with Crippen LogP contribution < -0.4 is 15.4 Å². The number of hydrogen-bond donors (Lipinski definition) is 4. The van der Waals surface area contributed by atoms with Crippen LogP contribution in [0.5, 0.6) is 5.75 Å². The maximum Gasteiger partial charge on any atom is 0.248 e. The van der Waals surface area contributed by atoms with Crippen molar-refractivity contribution in [2.45, 2.75) is 6.10 Å². The highest BCUT2D eigenvalue weighted by atomic mass is 35.5. The number of nitriles is 1. The van der Waals surface area contributed by atoms with Crippen LogP contribution in [0.3, 0.4) is 0 Å². The van der Waals surface area contributed by atoms with Crippen LogP contribution in [0.2, 0.25) is 5.02 Å². The zero-order valence-corrected chi connectivity index (χ0v) is 21.2. The number of hydrogen-bond acceptors (Lipinski definition) is 8. The number of pyridine rings is 1. The third kappa shape index (κ3) is 7.60. The Balaban J connectivity index is 2.02. The number of carbonyl (C=O) groups is 1. The highest BCUT2D eigenvalue weighted by Crippen LogP contribution is 2.36. The van der Waals surface area contributed by atoms with Crippen LogP contribution in [0.15, 0.2) is 48.7 Å². The highest BCUT2D eigenvalue weighted by Gasteiger charge is 2.17. The van der Waals surface area contributed by atoms with E-state index in [1.807, 2.05) is 0 Å². The number of anilines is 3. The van der Waals surface area contributed by atoms with Gasteiger partial charge in [0.1, 0.15) is 37.0 Å². The van der Waals surface area contributed by atoms with Gasteiger partial charge in [0.25, 0.3) is 0 Å². The van der Waals surface area contributed by atoms with Crippen molar-refractivity contribution < 1.29 is 28.5 Å². The molecular weight excluding hydrogens is 520 g/mol. The van der Waals surface area contributed by atoms with Crippen molar-refractivity contribution in [3.05, 3.63) is 65.1 Å². The summed E-state index contributed by atoms with van der Waals surface area (Å²) in [7, 11) is 1.71. The van der Waals surface area contributed by atoms with Crippen molar-refractivity contribution in [1.82, 2.24) is 9.88 Å². The number of likely N-dealkylation sites (N-methyl/N-ethyl adjacent to an activating group) is 1. The number of nitrogens with zero attached hydrogens (tertiary/aromatic N) is 3. The quantitative estimate of drug-likeness (QED) is 0.253. The zero-order chi connectivity index (χ0) is 27.7. The lowest BCUT2D eigenvalue weighted by Gasteiger charge is -2.17. The number of halogens is 3. The monoisotopic (exact) mass is 545 g/mol. The van der Waals surface area contributed by atoms with E-state index < -0.39 is 31.1 Å². The molecular formula is C26H26ClF2N5O4. The molecule has 0 aliphatic rings. The Bertz CT molecular complexity index is 1370. The molecule has 0 fully saturated rings. The molecule has 0 saturated carbocycles. The Hall–Kier alpha value is -3.82. The minimum atomic E-state index is -1.16. The maximum atomic E-state index is 13.6. The molecule has 38 heavy (non-hydrogen) atoms. The maximum absolute atomic E-state index is 13.6. The van der Waals surface area contributed by atoms with E-state index in [0.29, 0.717) is 28.8 Å². The lowest BCUT2D eigenvalue weighted by atomic mass is 10.1. The summed E-state index contributed by atoms with van der Waals surface area (Å²) in [6.07, 6.45) is 3.05. The van der Waals surface area contributed by atoms with E-state index in [0.717, 1.165) is 0 Å². The second kappa shape index (κ2) is 13.6. The first-order valence-corrected chi connectivity index (χ1v) is 11.9. The van der Waals surface area contributed by atoms with Crippen molar-refractivity contribution in [3.63, 3.8) is 0 Å². The molecule has 3 aromatic rings. The van der Waals surface area contributed by atoms with Crippen LogP contribution in [0.4, 0.5) is 25.8 Å². The van der Waals surface area contributed by atoms with Gasteiger partial charge in [-0.1, -0.05) is 17.7 Å². The Morgan fingerprint density at radius 1 is 1.37 bits per heavy atom. The highest BCUT2D eigenvalue weighted by molar-refractivity contribution is 6.31. The van der Waals surface area contributed by atoms with Gasteiger partial charge < -0.3 is 30.5 Å². The predicted molar refractivity (Wildman–Crippen MR) is 141 cm³/mol. The summed E-state index contributed by atoms with van der Waals surface area (Å²) in [5.74, 6) is -0.942. The van der Waals surface area contributed by atoms with Gasteiger partial charge in [0.05, 0.1) is 34.1 Å². The van der Waals surface area contributed by atoms with Gasteiger partial charge in [-0.25, -0.2) is 8.78 Å². The summed E-state index contributed by atoms with van der Waals surface area (Å²) >= 11 is 5.90. The number of rotatable bonds is 12. The molecule has 0 aliphatic heterocycles. The SMILES string of the molecule is CN(CC=CC(=O)Nc1cc2c(Nc3ccc(F)c(Cl)c3)c(C#N)cnc2cc1OCC(O)CO)CCF. The largest absolute Gasteiger partial charge is 0.489 e. The van der Waals surface area contributed by atoms with Crippen LogP contribution in [-0.2, 0) is 4.79 Å². The molecule has 2 aromatic carbocycles. The molecule has 4 N–H and O–H groups in total. The van der Waals surface area contributed by atoms with E-state index in [-0.39, 0.29) is 35.2 Å². The standard InChI is InChI=1S/C26H26ClF2N5O4/c1-34(8-6-28)7-2-3-25(37)33-23-10-19-22(11-24(23)38-15-18(36)14-35)31-13-16(12-30)26(19)32-17-4-5-21(29)20(27)9-17/h2-5,9-11,13,18,35-36H,6-8,14-15H2,1H3,(H,31,32)(H,33,37). The normalized spacial score (nSPS) is 12.1. The number of ether oxygens (including phenoxy) is 1. The van der Waals surface area contributed by atoms with E-state index in [1.54, 1.807) is 18.0 Å². The summed E-state index contributed by atoms with van der Waals surface area (Å²) in [6, 6.07) is 9.11. The first-order valence-electron chi connectivity index (χ1n) is 11.5. The average molecular weight is 546 g/mol. The second-order valence-electron chi connectivity index (χ2n) is 8.27. The molecule has 0 saturated heterocycles. The fourth-order valence-electron chi connectivity index (χ4n) is 3.36. The van der Waals surface area contributed by atoms with Crippen LogP contribution in [0.1, 0.15) is 5.56 Å². The van der Waals surface area contributed by atoms with Gasteiger partial charge in [-0.2, -0.15) is 5.26 Å². The van der Waals surface area contributed by atoms with Crippen molar-refractivity contribution in [3.8, 4) is 11.8 Å². The first kappa shape index (κ1) is 28.7. The van der Waals surface area contributed by atoms with Crippen LogP contribution in [0, 0.1) is 17.1 Å². The predicted octanol–water partition coefficient (Wildman–Crippen LogP) is 3.77. The molecule has 1 heterocycles. The van der Waals surface area contributed by atoms with Crippen LogP contribution >= 0.6 is 11.6 Å². The molecule has 200 valence electrons. The average Bonchev–Trinajstić information content (AvgIpc) is 2.89. The molecule has 0 radical (unpaired) electrons. The number of alkyl halides is 1. The van der Waals surface area contributed by atoms with E-state index in [4.69, 9.17) is 21.4 Å². The fourth-order valence-corrected chi connectivity index (χ4v) is 3.54. The molecule has 0 bridgehead atoms. The first-order chi connectivity index (χ1) is 18.2. The van der Waals surface area contributed by atoms with Gasteiger partial charge in [-0.3, -0.25) is 9.78 Å². The summed E-state index contributed by atoms with van der Waals surface area (Å²) in [6.45, 7) is -0.712. The van der Waals surface area contributed by atoms with E-state index in [1.165, 1.54) is 42.6 Å². The molecule has 0 aliphatic carbocycles. The number of aromatic nitrogens is 1. The third-order valence-corrected chi connectivity index (χ3v) is 5.62. The number of fused-ring (bicyclic) bond motifs is 1. The van der Waals surface area contributed by atoms with Crippen molar-refractivity contribution in [2.75, 3.05) is 50.7 Å². The second-order valence-corrected chi connectivity index (χ2v) is 8.68. The number of carbonyl (C=O) groups excluding carboxylic acids is 1. The third-order valence-electron chi connectivity index (χ3n) is 5.33. The zero-order valence-electron chi connectivity index (χ0n) is 20.4. The number of benzene rings is 2. The lowest BCUT2D eigenvalue weighted by molar-refractivity contribution is -0.111. The summed E-state index contributed by atoms with van der Waals surface area (Å²) < 4.78 is 31.7. The van der Waals surface area contributed by atoms with E-state index in [9.17, 15) is 23.9 Å². The van der Waals surface area contributed by atoms with E-state index in [2.05, 4.69) is 21.7 Å². The Morgan fingerprint density at radius 3 is 2.84 bits per heavy atom. The van der Waals surface area contributed by atoms with Crippen molar-refractivity contribution in [1.29, 1.82) is 5.26 Å². The number of aliphatic hydroxyl groups is 2. The minimum absolute atomic E-state index is 0.109. The van der Waals surface area contributed by atoms with Gasteiger partial charge in [-0.05, 0) is 31.3 Å². The fraction of sp³-hybridized carbons (Fsp3) is 0.269. The van der Waals surface area contributed by atoms with Crippen LogP contribution in [0.25, 0.3) is 10.9 Å². The lowest BCUT2D eigenvalue weighted by Crippen LogP contribution is -2.22. The van der Waals surface area contributed by atoms with Gasteiger partial charge in [0, 0.05) is 42.5 Å². The van der Waals surface area contributed by atoms with Crippen molar-refractivity contribution >= 4 is 45.5 Å². The summed E-state index contributed by atoms with van der Waals surface area (Å²) in [5.41, 5.74) is 1.51. The molecule has 1 amide bonds. The Morgan fingerprint density at radius 2 is 2.16 bits per heavy atom. The molecule has 3 rings (SSSR count). The molecule has 1 aromatic heterocycles. The number of amides is 1. The summed E-state index contributed by atoms with van der Waals surface area (Å²) in [5, 5.41) is 34.6. The minimum Gasteiger partial charge on any atom is -0.489 e. The van der Waals surface area contributed by atoms with Gasteiger partial charge in [0.2, 0.25) is 5.91 Å². The van der Waals surface area contributed by atoms with Gasteiger partial charge >= 0.3 is 0 Å². The van der Waals surface area contributed by atoms with Crippen LogP contribution in [-0.4, -0.2) is 72.1 Å². The molecule has 0 spiro atoms. The smallest absolute Gasteiger partial charge is 0.248 e. The Kier molecular flexibility index (Phi) is 10.3. The van der Waals surface area contributed by atoms with Gasteiger partial charge in [-0.15, -0.1) is 0 Å². The Labute approximate surface area is 222 Å². The molecule has 1 atom stereocenters. The molecule has 9 nitrogen and oxygen atoms in total. The van der Waals surface area contributed by atoms with Gasteiger partial charge in [0.15, 0.2) is 0 Å². The topological polar surface area (TPSA) is 131 Å². The number of aliphatic hydroxyl groups excluding tert-OH is 2. The van der Waals surface area contributed by atoms with E-state index >= 15 is 0 Å². The number of nitrogens with one attached hydrogen (secondary N) is 2.